The predicted octanol–water partition coefficient (Wildman–Crippen LogP) is 0.623. The van der Waals surface area contributed by atoms with Crippen LogP contribution in [0.1, 0.15) is 11.6 Å². The standard InChI is InChI=1S/C9H11N3O/c10-7-3-1-6(2-4-7)8-5-11-9(13)12-8/h1-4,8H,5,10H2,(H2,11,12,13). The van der Waals surface area contributed by atoms with Gasteiger partial charge in [-0.1, -0.05) is 12.1 Å². The van der Waals surface area contributed by atoms with E-state index >= 15 is 0 Å². The molecule has 0 radical (unpaired) electrons. The first-order chi connectivity index (χ1) is 6.25. The molecular formula is C9H11N3O. The Morgan fingerprint density at radius 2 is 2.00 bits per heavy atom. The average Bonchev–Trinajstić information content (AvgIpc) is 2.53. The minimum Gasteiger partial charge on any atom is -0.399 e. The van der Waals surface area contributed by atoms with Crippen molar-refractivity contribution in [2.45, 2.75) is 6.04 Å². The van der Waals surface area contributed by atoms with Crippen LogP contribution in [0.5, 0.6) is 0 Å². The third-order valence-corrected chi connectivity index (χ3v) is 2.11. The summed E-state index contributed by atoms with van der Waals surface area (Å²) in [6, 6.07) is 7.48. The highest BCUT2D eigenvalue weighted by atomic mass is 16.2. The smallest absolute Gasteiger partial charge is 0.315 e. The molecule has 0 spiro atoms. The maximum atomic E-state index is 10.8. The number of nitrogens with two attached hydrogens (primary N) is 1. The molecule has 4 heteroatoms. The summed E-state index contributed by atoms with van der Waals surface area (Å²) in [7, 11) is 0. The molecule has 0 saturated carbocycles. The summed E-state index contributed by atoms with van der Waals surface area (Å²) >= 11 is 0. The fraction of sp³-hybridized carbons (Fsp3) is 0.222. The molecule has 1 saturated heterocycles. The third kappa shape index (κ3) is 1.56. The molecule has 0 aliphatic carbocycles. The number of anilines is 1. The maximum Gasteiger partial charge on any atom is 0.315 e. The van der Waals surface area contributed by atoms with Crippen molar-refractivity contribution in [3.05, 3.63) is 29.8 Å². The van der Waals surface area contributed by atoms with Crippen molar-refractivity contribution in [1.29, 1.82) is 0 Å². The number of amides is 2. The summed E-state index contributed by atoms with van der Waals surface area (Å²) in [5.74, 6) is 0. The number of carbonyl (C=O) groups is 1. The average molecular weight is 177 g/mol. The SMILES string of the molecule is Nc1ccc(C2CNC(=O)N2)cc1. The predicted molar refractivity (Wildman–Crippen MR) is 50.1 cm³/mol. The number of hydrogen-bond donors (Lipinski definition) is 3. The maximum absolute atomic E-state index is 10.8. The molecule has 0 bridgehead atoms. The number of benzene rings is 1. The van der Waals surface area contributed by atoms with Crippen molar-refractivity contribution >= 4 is 11.7 Å². The van der Waals surface area contributed by atoms with Gasteiger partial charge >= 0.3 is 6.03 Å². The number of rotatable bonds is 1. The van der Waals surface area contributed by atoms with Gasteiger partial charge in [0.05, 0.1) is 6.04 Å². The minimum atomic E-state index is -0.109. The van der Waals surface area contributed by atoms with E-state index < -0.39 is 0 Å². The zero-order valence-electron chi connectivity index (χ0n) is 7.08. The lowest BCUT2D eigenvalue weighted by atomic mass is 10.1. The second-order valence-corrected chi connectivity index (χ2v) is 3.07. The van der Waals surface area contributed by atoms with E-state index in [9.17, 15) is 4.79 Å². The molecule has 1 unspecified atom stereocenters. The van der Waals surface area contributed by atoms with Crippen LogP contribution in [-0.2, 0) is 0 Å². The van der Waals surface area contributed by atoms with Crippen molar-refractivity contribution < 1.29 is 4.79 Å². The molecule has 1 aromatic carbocycles. The summed E-state index contributed by atoms with van der Waals surface area (Å²) in [4.78, 5) is 10.8. The Morgan fingerprint density at radius 1 is 1.31 bits per heavy atom. The van der Waals surface area contributed by atoms with Crippen LogP contribution in [0.2, 0.25) is 0 Å². The van der Waals surface area contributed by atoms with Gasteiger partial charge in [-0.25, -0.2) is 4.79 Å². The molecule has 1 aromatic rings. The lowest BCUT2D eigenvalue weighted by Crippen LogP contribution is -2.21. The lowest BCUT2D eigenvalue weighted by molar-refractivity contribution is 0.247. The van der Waals surface area contributed by atoms with E-state index in [-0.39, 0.29) is 12.1 Å². The molecule has 1 fully saturated rings. The number of nitrogen functional groups attached to an aromatic ring is 1. The largest absolute Gasteiger partial charge is 0.399 e. The normalized spacial score (nSPS) is 20.9. The fourth-order valence-corrected chi connectivity index (χ4v) is 1.38. The quantitative estimate of drug-likeness (QED) is 0.550. The summed E-state index contributed by atoms with van der Waals surface area (Å²) in [6.07, 6.45) is 0. The molecular weight excluding hydrogens is 166 g/mol. The van der Waals surface area contributed by atoms with Crippen LogP contribution in [0.25, 0.3) is 0 Å². The van der Waals surface area contributed by atoms with Crippen molar-refractivity contribution in [3.8, 4) is 0 Å². The van der Waals surface area contributed by atoms with Crippen LogP contribution in [0.4, 0.5) is 10.5 Å². The molecule has 1 aliphatic heterocycles. The molecule has 1 aliphatic rings. The first kappa shape index (κ1) is 7.91. The molecule has 1 heterocycles. The topological polar surface area (TPSA) is 67.1 Å². The van der Waals surface area contributed by atoms with Gasteiger partial charge in [-0.15, -0.1) is 0 Å². The Balaban J connectivity index is 2.17. The zero-order chi connectivity index (χ0) is 9.26. The van der Waals surface area contributed by atoms with Crippen molar-refractivity contribution in [1.82, 2.24) is 10.6 Å². The van der Waals surface area contributed by atoms with E-state index in [0.717, 1.165) is 11.3 Å². The van der Waals surface area contributed by atoms with E-state index in [4.69, 9.17) is 5.73 Å². The second-order valence-electron chi connectivity index (χ2n) is 3.07. The molecule has 2 amide bonds. The number of carbonyl (C=O) groups excluding carboxylic acids is 1. The fourth-order valence-electron chi connectivity index (χ4n) is 1.38. The number of hydrogen-bond acceptors (Lipinski definition) is 2. The van der Waals surface area contributed by atoms with Gasteiger partial charge in [0.15, 0.2) is 0 Å². The van der Waals surface area contributed by atoms with Crippen molar-refractivity contribution in [3.63, 3.8) is 0 Å². The van der Waals surface area contributed by atoms with Gasteiger partial charge in [0.2, 0.25) is 0 Å². The van der Waals surface area contributed by atoms with Gasteiger partial charge in [-0.05, 0) is 17.7 Å². The summed E-state index contributed by atoms with van der Waals surface area (Å²) in [6.45, 7) is 0.642. The first-order valence-corrected chi connectivity index (χ1v) is 4.15. The van der Waals surface area contributed by atoms with E-state index in [2.05, 4.69) is 10.6 Å². The highest BCUT2D eigenvalue weighted by molar-refractivity contribution is 5.76. The molecule has 68 valence electrons. The minimum absolute atomic E-state index is 0.0769. The Bertz CT molecular complexity index is 320. The molecule has 0 aromatic heterocycles. The molecule has 4 N–H and O–H groups in total. The number of urea groups is 1. The molecule has 13 heavy (non-hydrogen) atoms. The summed E-state index contributed by atoms with van der Waals surface area (Å²) < 4.78 is 0. The Kier molecular flexibility index (Phi) is 1.81. The van der Waals surface area contributed by atoms with E-state index in [1.54, 1.807) is 0 Å². The Labute approximate surface area is 76.1 Å². The van der Waals surface area contributed by atoms with Crippen LogP contribution in [-0.4, -0.2) is 12.6 Å². The van der Waals surface area contributed by atoms with Crippen LogP contribution in [0.3, 0.4) is 0 Å². The van der Waals surface area contributed by atoms with E-state index in [1.165, 1.54) is 0 Å². The van der Waals surface area contributed by atoms with Gasteiger partial charge in [0.25, 0.3) is 0 Å². The van der Waals surface area contributed by atoms with Crippen LogP contribution in [0, 0.1) is 0 Å². The second kappa shape index (κ2) is 2.97. The van der Waals surface area contributed by atoms with Crippen molar-refractivity contribution in [2.24, 2.45) is 0 Å². The van der Waals surface area contributed by atoms with Crippen LogP contribution < -0.4 is 16.4 Å². The summed E-state index contributed by atoms with van der Waals surface area (Å²) in [5.41, 5.74) is 7.36. The Morgan fingerprint density at radius 3 is 2.54 bits per heavy atom. The summed E-state index contributed by atoms with van der Waals surface area (Å²) in [5, 5.41) is 5.50. The van der Waals surface area contributed by atoms with Crippen LogP contribution in [0.15, 0.2) is 24.3 Å². The van der Waals surface area contributed by atoms with Gasteiger partial charge in [-0.3, -0.25) is 0 Å². The van der Waals surface area contributed by atoms with E-state index in [1.807, 2.05) is 24.3 Å². The van der Waals surface area contributed by atoms with Gasteiger partial charge < -0.3 is 16.4 Å². The van der Waals surface area contributed by atoms with E-state index in [0.29, 0.717) is 6.54 Å². The van der Waals surface area contributed by atoms with Gasteiger partial charge in [-0.2, -0.15) is 0 Å². The van der Waals surface area contributed by atoms with Gasteiger partial charge in [0, 0.05) is 12.2 Å². The molecule has 1 atom stereocenters. The Hall–Kier alpha value is -1.71. The first-order valence-electron chi connectivity index (χ1n) is 4.15. The zero-order valence-corrected chi connectivity index (χ0v) is 7.08. The number of nitrogens with one attached hydrogen (secondary N) is 2. The molecule has 2 rings (SSSR count). The van der Waals surface area contributed by atoms with Crippen molar-refractivity contribution in [2.75, 3.05) is 12.3 Å². The highest BCUT2D eigenvalue weighted by Crippen LogP contribution is 2.16. The monoisotopic (exact) mass is 177 g/mol. The van der Waals surface area contributed by atoms with Crippen LogP contribution >= 0.6 is 0 Å². The third-order valence-electron chi connectivity index (χ3n) is 2.11. The highest BCUT2D eigenvalue weighted by Gasteiger charge is 2.20. The lowest BCUT2D eigenvalue weighted by Gasteiger charge is -2.08. The molecule has 4 nitrogen and oxygen atoms in total. The van der Waals surface area contributed by atoms with Gasteiger partial charge in [0.1, 0.15) is 0 Å².